The highest BCUT2D eigenvalue weighted by Crippen LogP contribution is 2.01. The van der Waals surface area contributed by atoms with Crippen LogP contribution in [-0.4, -0.2) is 114 Å². The van der Waals surface area contributed by atoms with E-state index in [0.29, 0.717) is 43.2 Å². The third-order valence-corrected chi connectivity index (χ3v) is 5.60. The van der Waals surface area contributed by atoms with E-state index in [1.807, 2.05) is 4.90 Å². The molecule has 9 N–H and O–H groups in total. The summed E-state index contributed by atoms with van der Waals surface area (Å²) in [4.78, 5) is 66.8. The molecular formula is C21H40N8O6S3. The van der Waals surface area contributed by atoms with Gasteiger partial charge in [-0.05, 0) is 25.0 Å². The number of guanidine groups is 1. The molecule has 0 aliphatic heterocycles. The predicted molar refractivity (Wildman–Crippen MR) is 155 cm³/mol. The van der Waals surface area contributed by atoms with Crippen molar-refractivity contribution in [3.8, 4) is 0 Å². The van der Waals surface area contributed by atoms with Gasteiger partial charge in [-0.1, -0.05) is 0 Å². The van der Waals surface area contributed by atoms with Crippen LogP contribution in [0.2, 0.25) is 0 Å². The molecule has 0 saturated carbocycles. The Morgan fingerprint density at radius 1 is 0.842 bits per heavy atom. The first-order valence-corrected chi connectivity index (χ1v) is 13.9. The normalized spacial score (nSPS) is 12.2. The number of rotatable bonds is 21. The molecule has 0 spiro atoms. The van der Waals surface area contributed by atoms with Gasteiger partial charge in [0.05, 0.1) is 19.5 Å². The molecule has 0 aliphatic carbocycles. The lowest BCUT2D eigenvalue weighted by molar-refractivity contribution is -0.140. The number of carbonyl (C=O) groups is 5. The summed E-state index contributed by atoms with van der Waals surface area (Å²) in [7, 11) is 0. The highest BCUT2D eigenvalue weighted by Gasteiger charge is 2.25. The van der Waals surface area contributed by atoms with Crippen LogP contribution in [0.5, 0.6) is 0 Å². The first-order chi connectivity index (χ1) is 18.0. The van der Waals surface area contributed by atoms with E-state index in [4.69, 9.17) is 16.6 Å². The topological polar surface area (TPSA) is 221 Å². The molecule has 218 valence electrons. The zero-order chi connectivity index (χ0) is 28.9. The van der Waals surface area contributed by atoms with Crippen LogP contribution < -0.4 is 32.7 Å². The number of thiol groups is 3. The average Bonchev–Trinajstić information content (AvgIpc) is 2.84. The van der Waals surface area contributed by atoms with Crippen LogP contribution in [0.4, 0.5) is 0 Å². The zero-order valence-electron chi connectivity index (χ0n) is 21.2. The van der Waals surface area contributed by atoms with Gasteiger partial charge in [0.15, 0.2) is 5.96 Å². The molecule has 0 aromatic heterocycles. The SMILES string of the molecule is NC(N)=NCCC[C@H](NC(=O)CN(CCS)CCS)C(=O)NCC(=O)N[C@@H](CC(=O)O)C(=O)NCCCS. The lowest BCUT2D eigenvalue weighted by Crippen LogP contribution is -2.53. The molecule has 0 rings (SSSR count). The van der Waals surface area contributed by atoms with Gasteiger partial charge in [0.2, 0.25) is 23.6 Å². The number of nitrogens with two attached hydrogens (primary N) is 2. The summed E-state index contributed by atoms with van der Waals surface area (Å²) in [5, 5.41) is 19.0. The number of carboxylic acids is 1. The number of aliphatic imine (C=N–C) groups is 1. The van der Waals surface area contributed by atoms with Crippen LogP contribution in [0.1, 0.15) is 25.7 Å². The molecule has 0 bridgehead atoms. The van der Waals surface area contributed by atoms with Gasteiger partial charge in [-0.2, -0.15) is 37.9 Å². The van der Waals surface area contributed by atoms with Crippen molar-refractivity contribution in [3.05, 3.63) is 0 Å². The van der Waals surface area contributed by atoms with Crippen molar-refractivity contribution >= 4 is 73.4 Å². The fourth-order valence-corrected chi connectivity index (χ4v) is 3.83. The van der Waals surface area contributed by atoms with Crippen molar-refractivity contribution in [2.45, 2.75) is 37.8 Å². The molecule has 38 heavy (non-hydrogen) atoms. The van der Waals surface area contributed by atoms with Crippen LogP contribution >= 0.6 is 37.9 Å². The lowest BCUT2D eigenvalue weighted by Gasteiger charge is -2.23. The van der Waals surface area contributed by atoms with E-state index in [1.165, 1.54) is 0 Å². The number of hydrogen-bond donors (Lipinski definition) is 10. The van der Waals surface area contributed by atoms with Gasteiger partial charge in [-0.15, -0.1) is 0 Å². The van der Waals surface area contributed by atoms with Crippen molar-refractivity contribution in [2.75, 3.05) is 56.5 Å². The van der Waals surface area contributed by atoms with Crippen molar-refractivity contribution in [3.63, 3.8) is 0 Å². The maximum absolute atomic E-state index is 12.8. The molecule has 17 heteroatoms. The van der Waals surface area contributed by atoms with Crippen molar-refractivity contribution in [1.29, 1.82) is 0 Å². The van der Waals surface area contributed by atoms with Crippen molar-refractivity contribution < 1.29 is 29.1 Å². The Kier molecular flexibility index (Phi) is 20.2. The van der Waals surface area contributed by atoms with E-state index in [0.717, 1.165) is 0 Å². The fourth-order valence-electron chi connectivity index (χ4n) is 3.10. The summed E-state index contributed by atoms with van der Waals surface area (Å²) >= 11 is 12.4. The second kappa shape index (κ2) is 21.6. The van der Waals surface area contributed by atoms with Gasteiger partial charge in [0.1, 0.15) is 12.1 Å². The highest BCUT2D eigenvalue weighted by atomic mass is 32.1. The maximum Gasteiger partial charge on any atom is 0.305 e. The van der Waals surface area contributed by atoms with Crippen molar-refractivity contribution in [2.24, 2.45) is 16.5 Å². The fraction of sp³-hybridized carbons (Fsp3) is 0.714. The quantitative estimate of drug-likeness (QED) is 0.0286. The molecule has 0 heterocycles. The standard InChI is InChI=1S/C21H40N8O6S3/c22-21(23)25-4-1-3-14(27-17(31)13-29(6-9-37)7-10-38)19(34)26-12-16(30)28-15(11-18(32)33)20(35)24-5-2-8-36/h14-15,36-38H,1-13H2,(H,24,35)(H,26,34)(H,27,31)(H,28,30)(H,32,33)(H4,22,23,25)/t14-,15-/m0/s1. The minimum Gasteiger partial charge on any atom is -0.481 e. The molecule has 0 unspecified atom stereocenters. The zero-order valence-corrected chi connectivity index (χ0v) is 23.9. The second-order valence-corrected chi connectivity index (χ2v) is 9.44. The van der Waals surface area contributed by atoms with E-state index in [2.05, 4.69) is 64.1 Å². The predicted octanol–water partition coefficient (Wildman–Crippen LogP) is -2.80. The van der Waals surface area contributed by atoms with E-state index in [9.17, 15) is 24.0 Å². The first kappa shape index (κ1) is 35.6. The summed E-state index contributed by atoms with van der Waals surface area (Å²) in [6.07, 6.45) is 0.484. The third-order valence-electron chi connectivity index (χ3n) is 4.88. The van der Waals surface area contributed by atoms with Gasteiger partial charge in [0, 0.05) is 37.7 Å². The molecular weight excluding hydrogens is 556 g/mol. The van der Waals surface area contributed by atoms with E-state index < -0.39 is 54.6 Å². The largest absolute Gasteiger partial charge is 0.481 e. The third kappa shape index (κ3) is 18.0. The van der Waals surface area contributed by atoms with E-state index in [-0.39, 0.29) is 32.0 Å². The average molecular weight is 597 g/mol. The van der Waals surface area contributed by atoms with Gasteiger partial charge in [-0.25, -0.2) is 0 Å². The Bertz CT molecular complexity index is 795. The maximum atomic E-state index is 12.8. The molecule has 14 nitrogen and oxygen atoms in total. The summed E-state index contributed by atoms with van der Waals surface area (Å²) in [6.45, 7) is 1.10. The summed E-state index contributed by atoms with van der Waals surface area (Å²) < 4.78 is 0. The summed E-state index contributed by atoms with van der Waals surface area (Å²) in [5.41, 5.74) is 10.6. The van der Waals surface area contributed by atoms with E-state index in [1.54, 1.807) is 0 Å². The number of aliphatic carboxylic acids is 1. The van der Waals surface area contributed by atoms with Gasteiger partial charge >= 0.3 is 5.97 Å². The smallest absolute Gasteiger partial charge is 0.305 e. The molecule has 0 saturated heterocycles. The summed E-state index contributed by atoms with van der Waals surface area (Å²) in [5.74, 6) is -2.26. The van der Waals surface area contributed by atoms with Crippen LogP contribution in [0, 0.1) is 0 Å². The van der Waals surface area contributed by atoms with Gasteiger partial charge in [-0.3, -0.25) is 33.9 Å². The molecule has 0 aromatic rings. The Morgan fingerprint density at radius 3 is 2.00 bits per heavy atom. The van der Waals surface area contributed by atoms with Crippen LogP contribution in [0.15, 0.2) is 4.99 Å². The van der Waals surface area contributed by atoms with Crippen LogP contribution in [0.25, 0.3) is 0 Å². The number of nitrogens with zero attached hydrogens (tertiary/aromatic N) is 2. The minimum atomic E-state index is -1.32. The lowest BCUT2D eigenvalue weighted by atomic mass is 10.1. The number of hydrogen-bond acceptors (Lipinski definition) is 10. The molecule has 0 fully saturated rings. The van der Waals surface area contributed by atoms with Crippen LogP contribution in [0.3, 0.4) is 0 Å². The van der Waals surface area contributed by atoms with Crippen molar-refractivity contribution in [1.82, 2.24) is 26.2 Å². The Balaban J connectivity index is 5.15. The molecule has 0 aliphatic rings. The second-order valence-electron chi connectivity index (χ2n) is 8.10. The number of carbonyl (C=O) groups excluding carboxylic acids is 4. The molecule has 0 aromatic carbocycles. The van der Waals surface area contributed by atoms with Crippen LogP contribution in [-0.2, 0) is 24.0 Å². The Hall–Kier alpha value is -2.37. The minimum absolute atomic E-state index is 0.0263. The number of carboxylic acid groups (broad SMARTS) is 1. The van der Waals surface area contributed by atoms with Gasteiger partial charge < -0.3 is 37.8 Å². The molecule has 2 atom stereocenters. The monoisotopic (exact) mass is 596 g/mol. The van der Waals surface area contributed by atoms with E-state index >= 15 is 0 Å². The Labute approximate surface area is 239 Å². The Morgan fingerprint density at radius 2 is 1.45 bits per heavy atom. The first-order valence-electron chi connectivity index (χ1n) is 12.0. The summed E-state index contributed by atoms with van der Waals surface area (Å²) in [6, 6.07) is -2.31. The number of nitrogens with one attached hydrogen (secondary N) is 4. The van der Waals surface area contributed by atoms with Gasteiger partial charge in [0.25, 0.3) is 0 Å². The highest BCUT2D eigenvalue weighted by molar-refractivity contribution is 7.80. The number of amides is 4. The molecule has 4 amide bonds. The molecule has 0 radical (unpaired) electrons.